The van der Waals surface area contributed by atoms with Crippen LogP contribution in [0.1, 0.15) is 54.1 Å². The van der Waals surface area contributed by atoms with Crippen molar-refractivity contribution < 1.29 is 14.7 Å². The van der Waals surface area contributed by atoms with Crippen molar-refractivity contribution in [2.45, 2.75) is 50.1 Å². The van der Waals surface area contributed by atoms with Crippen LogP contribution in [0, 0.1) is 5.92 Å². The number of aromatic nitrogens is 4. The fourth-order valence-corrected chi connectivity index (χ4v) is 5.77. The molecule has 2 aliphatic carbocycles. The van der Waals surface area contributed by atoms with Crippen LogP contribution in [0.4, 0.5) is 0 Å². The molecular formula is C22H23N5O3S. The molecule has 3 aromatic rings. The summed E-state index contributed by atoms with van der Waals surface area (Å²) in [6, 6.07) is 6.93. The molecule has 8 nitrogen and oxygen atoms in total. The highest BCUT2D eigenvalue weighted by molar-refractivity contribution is 7.13. The van der Waals surface area contributed by atoms with Crippen molar-refractivity contribution in [1.29, 1.82) is 0 Å². The van der Waals surface area contributed by atoms with Crippen molar-refractivity contribution in [3.8, 4) is 10.6 Å². The molecule has 2 aromatic heterocycles. The first-order valence-corrected chi connectivity index (χ1v) is 11.3. The number of aryl methyl sites for hydroxylation is 1. The van der Waals surface area contributed by atoms with E-state index in [1.54, 1.807) is 36.0 Å². The Morgan fingerprint density at radius 3 is 2.97 bits per heavy atom. The van der Waals surface area contributed by atoms with Gasteiger partial charge in [-0.05, 0) is 49.7 Å². The maximum atomic E-state index is 12.9. The molecule has 2 heterocycles. The maximum Gasteiger partial charge on any atom is 0.335 e. The fourth-order valence-electron chi connectivity index (χ4n) is 5.20. The van der Waals surface area contributed by atoms with E-state index in [-0.39, 0.29) is 29.5 Å². The number of carbonyl (C=O) groups is 2. The zero-order valence-electron chi connectivity index (χ0n) is 16.9. The number of rotatable bonds is 7. The number of hydrogen-bond acceptors (Lipinski definition) is 6. The van der Waals surface area contributed by atoms with Gasteiger partial charge >= 0.3 is 5.97 Å². The van der Waals surface area contributed by atoms with Gasteiger partial charge in [-0.3, -0.25) is 9.78 Å². The second kappa shape index (κ2) is 7.88. The van der Waals surface area contributed by atoms with Crippen LogP contribution in [0.3, 0.4) is 0 Å². The minimum absolute atomic E-state index is 0.0458. The normalized spacial score (nSPS) is 24.4. The predicted octanol–water partition coefficient (Wildman–Crippen LogP) is 3.33. The number of nitrogens with one attached hydrogen (secondary N) is 1. The Morgan fingerprint density at radius 1 is 1.32 bits per heavy atom. The molecule has 1 amide bonds. The quantitative estimate of drug-likeness (QED) is 0.587. The molecule has 2 saturated carbocycles. The highest BCUT2D eigenvalue weighted by Crippen LogP contribution is 2.53. The molecule has 2 aliphatic rings. The van der Waals surface area contributed by atoms with Gasteiger partial charge in [-0.2, -0.15) is 0 Å². The standard InChI is InChI=1S/C22H23N5O3S/c28-20(6-5-15-3-1-2-4-16(15)21(29)30)24-22-8-7-14(10-22)9-19(22)27-12-17(25-26-27)18-11-23-13-31-18/h1-4,11-14,19H,5-10H2,(H,24,28)(H,29,30). The van der Waals surface area contributed by atoms with Crippen LogP contribution < -0.4 is 5.32 Å². The van der Waals surface area contributed by atoms with Gasteiger partial charge in [0.25, 0.3) is 0 Å². The molecule has 2 N–H and O–H groups in total. The molecule has 3 atom stereocenters. The average molecular weight is 438 g/mol. The van der Waals surface area contributed by atoms with E-state index in [0.717, 1.165) is 36.3 Å². The molecule has 0 spiro atoms. The van der Waals surface area contributed by atoms with Gasteiger partial charge in [0.05, 0.1) is 33.7 Å². The zero-order valence-corrected chi connectivity index (χ0v) is 17.7. The first-order valence-electron chi connectivity index (χ1n) is 10.5. The van der Waals surface area contributed by atoms with Gasteiger partial charge in [0.1, 0.15) is 5.69 Å². The average Bonchev–Trinajstić information content (AvgIpc) is 3.55. The molecule has 31 heavy (non-hydrogen) atoms. The van der Waals surface area contributed by atoms with E-state index in [0.29, 0.717) is 17.9 Å². The summed E-state index contributed by atoms with van der Waals surface area (Å²) in [6.45, 7) is 0. The monoisotopic (exact) mass is 437 g/mol. The van der Waals surface area contributed by atoms with Crippen LogP contribution >= 0.6 is 11.3 Å². The van der Waals surface area contributed by atoms with Crippen molar-refractivity contribution in [2.24, 2.45) is 5.92 Å². The summed E-state index contributed by atoms with van der Waals surface area (Å²) in [5.41, 5.74) is 3.20. The summed E-state index contributed by atoms with van der Waals surface area (Å²) < 4.78 is 1.91. The van der Waals surface area contributed by atoms with Crippen molar-refractivity contribution in [3.05, 3.63) is 53.3 Å². The summed E-state index contributed by atoms with van der Waals surface area (Å²) in [4.78, 5) is 29.4. The predicted molar refractivity (Wildman–Crippen MR) is 115 cm³/mol. The number of carbonyl (C=O) groups excluding carboxylic acids is 1. The summed E-state index contributed by atoms with van der Waals surface area (Å²) in [5, 5.41) is 21.4. The lowest BCUT2D eigenvalue weighted by Crippen LogP contribution is -2.51. The first-order chi connectivity index (χ1) is 15.0. The lowest BCUT2D eigenvalue weighted by molar-refractivity contribution is -0.123. The highest BCUT2D eigenvalue weighted by Gasteiger charge is 2.54. The molecule has 5 rings (SSSR count). The Balaban J connectivity index is 1.30. The lowest BCUT2D eigenvalue weighted by Gasteiger charge is -2.36. The van der Waals surface area contributed by atoms with E-state index >= 15 is 0 Å². The second-order valence-corrected chi connectivity index (χ2v) is 9.36. The Bertz CT molecular complexity index is 1110. The molecule has 1 aromatic carbocycles. The minimum Gasteiger partial charge on any atom is -0.478 e. The van der Waals surface area contributed by atoms with E-state index < -0.39 is 5.97 Å². The minimum atomic E-state index is -0.966. The number of carboxylic acids is 1. The number of aromatic carboxylic acids is 1. The van der Waals surface area contributed by atoms with Crippen molar-refractivity contribution in [1.82, 2.24) is 25.3 Å². The highest BCUT2D eigenvalue weighted by atomic mass is 32.1. The molecule has 2 fully saturated rings. The van der Waals surface area contributed by atoms with Crippen LogP contribution in [0.5, 0.6) is 0 Å². The van der Waals surface area contributed by atoms with Gasteiger partial charge in [0, 0.05) is 12.6 Å². The van der Waals surface area contributed by atoms with Gasteiger partial charge in [-0.15, -0.1) is 16.4 Å². The number of carboxylic acid groups (broad SMARTS) is 1. The fraction of sp³-hybridized carbons (Fsp3) is 0.409. The molecular weight excluding hydrogens is 414 g/mol. The van der Waals surface area contributed by atoms with E-state index in [2.05, 4.69) is 20.6 Å². The van der Waals surface area contributed by atoms with E-state index in [1.165, 1.54) is 11.3 Å². The third-order valence-electron chi connectivity index (χ3n) is 6.62. The largest absolute Gasteiger partial charge is 0.478 e. The van der Waals surface area contributed by atoms with E-state index in [1.807, 2.05) is 10.9 Å². The number of hydrogen-bond donors (Lipinski definition) is 2. The molecule has 0 radical (unpaired) electrons. The van der Waals surface area contributed by atoms with E-state index in [9.17, 15) is 14.7 Å². The molecule has 160 valence electrons. The Kier molecular flexibility index (Phi) is 5.05. The van der Waals surface area contributed by atoms with Gasteiger partial charge in [-0.1, -0.05) is 23.4 Å². The second-order valence-electron chi connectivity index (χ2n) is 8.48. The van der Waals surface area contributed by atoms with Gasteiger partial charge in [0.2, 0.25) is 5.91 Å². The number of benzene rings is 1. The van der Waals surface area contributed by atoms with Gasteiger partial charge < -0.3 is 10.4 Å². The third kappa shape index (κ3) is 3.74. The summed E-state index contributed by atoms with van der Waals surface area (Å²) >= 11 is 1.53. The topological polar surface area (TPSA) is 110 Å². The van der Waals surface area contributed by atoms with Gasteiger partial charge in [-0.25, -0.2) is 9.48 Å². The Morgan fingerprint density at radius 2 is 2.19 bits per heavy atom. The first kappa shape index (κ1) is 19.9. The number of amides is 1. The zero-order chi connectivity index (χ0) is 21.4. The van der Waals surface area contributed by atoms with Crippen molar-refractivity contribution in [3.63, 3.8) is 0 Å². The van der Waals surface area contributed by atoms with Crippen molar-refractivity contribution in [2.75, 3.05) is 0 Å². The lowest BCUT2D eigenvalue weighted by atomic mass is 9.88. The molecule has 0 saturated heterocycles. The maximum absolute atomic E-state index is 12.9. The molecule has 9 heteroatoms. The number of nitrogens with zero attached hydrogens (tertiary/aromatic N) is 4. The number of fused-ring (bicyclic) bond motifs is 2. The van der Waals surface area contributed by atoms with Gasteiger partial charge in [0.15, 0.2) is 0 Å². The van der Waals surface area contributed by atoms with Crippen LogP contribution in [0.2, 0.25) is 0 Å². The van der Waals surface area contributed by atoms with Crippen LogP contribution in [0.25, 0.3) is 10.6 Å². The summed E-state index contributed by atoms with van der Waals surface area (Å²) in [5.74, 6) is -0.434. The Labute approximate surface area is 183 Å². The summed E-state index contributed by atoms with van der Waals surface area (Å²) in [7, 11) is 0. The number of thiazole rings is 1. The SMILES string of the molecule is O=C(CCc1ccccc1C(=O)O)NC12CCC(CC1n1cc(-c3cncs3)nn1)C2. The summed E-state index contributed by atoms with van der Waals surface area (Å²) in [6.07, 6.45) is 8.36. The molecule has 2 bridgehead atoms. The van der Waals surface area contributed by atoms with Crippen LogP contribution in [-0.2, 0) is 11.2 Å². The molecule has 3 unspecified atom stereocenters. The van der Waals surface area contributed by atoms with Crippen LogP contribution in [-0.4, -0.2) is 42.5 Å². The molecule has 0 aliphatic heterocycles. The Hall–Kier alpha value is -3.07. The van der Waals surface area contributed by atoms with Crippen molar-refractivity contribution >= 4 is 23.2 Å². The van der Waals surface area contributed by atoms with Crippen LogP contribution in [0.15, 0.2) is 42.2 Å². The van der Waals surface area contributed by atoms with E-state index in [4.69, 9.17) is 0 Å². The smallest absolute Gasteiger partial charge is 0.335 e. The third-order valence-corrected chi connectivity index (χ3v) is 7.41.